The van der Waals surface area contributed by atoms with Crippen LogP contribution >= 0.6 is 0 Å². The second-order valence-corrected chi connectivity index (χ2v) is 5.43. The van der Waals surface area contributed by atoms with Crippen LogP contribution in [0.2, 0.25) is 0 Å². The molecule has 1 aliphatic rings. The fourth-order valence-corrected chi connectivity index (χ4v) is 2.67. The van der Waals surface area contributed by atoms with E-state index < -0.39 is 5.97 Å². The number of nitrogens with one attached hydrogen (secondary N) is 1. The fraction of sp³-hybridized carbons (Fsp3) is 0.500. The molecule has 0 aromatic heterocycles. The molecule has 0 bridgehead atoms. The van der Waals surface area contributed by atoms with Gasteiger partial charge in [-0.25, -0.2) is 0 Å². The Bertz CT molecular complexity index is 481. The van der Waals surface area contributed by atoms with Gasteiger partial charge in [-0.3, -0.25) is 9.59 Å². The number of carbonyl (C=O) groups is 2. The molecule has 0 saturated heterocycles. The van der Waals surface area contributed by atoms with E-state index in [1.165, 1.54) is 5.56 Å². The molecule has 1 saturated carbocycles. The lowest BCUT2D eigenvalue weighted by molar-refractivity contribution is -0.141. The first-order valence-electron chi connectivity index (χ1n) is 7.18. The molecule has 2 N–H and O–H groups in total. The van der Waals surface area contributed by atoms with E-state index in [2.05, 4.69) is 24.4 Å². The second-order valence-electron chi connectivity index (χ2n) is 5.43. The number of hydrogen-bond acceptors (Lipinski definition) is 2. The molecule has 4 nitrogen and oxygen atoms in total. The van der Waals surface area contributed by atoms with Gasteiger partial charge in [0.25, 0.3) is 0 Å². The number of carboxylic acids is 1. The highest BCUT2D eigenvalue weighted by atomic mass is 16.4. The lowest BCUT2D eigenvalue weighted by atomic mass is 10.0. The average Bonchev–Trinajstić information content (AvgIpc) is 2.95. The summed E-state index contributed by atoms with van der Waals surface area (Å²) in [5, 5.41) is 11.8. The van der Waals surface area contributed by atoms with E-state index in [1.54, 1.807) is 0 Å². The third-order valence-corrected chi connectivity index (χ3v) is 4.05. The Balaban J connectivity index is 1.81. The standard InChI is InChI=1S/C16H21NO3/c1-2-11-3-5-12(6-4-11)10-17-15(18)13-7-8-14(9-13)16(19)20/h3-6,13-14H,2,7-10H2,1H3,(H,17,18)(H,19,20)/t13-,14+/m1/s1. The Morgan fingerprint density at radius 1 is 1.15 bits per heavy atom. The van der Waals surface area contributed by atoms with E-state index in [1.807, 2.05) is 12.1 Å². The highest BCUT2D eigenvalue weighted by Crippen LogP contribution is 2.31. The van der Waals surface area contributed by atoms with Crippen molar-refractivity contribution in [2.45, 2.75) is 39.2 Å². The van der Waals surface area contributed by atoms with Crippen LogP contribution in [0.15, 0.2) is 24.3 Å². The summed E-state index contributed by atoms with van der Waals surface area (Å²) in [7, 11) is 0. The fourth-order valence-electron chi connectivity index (χ4n) is 2.67. The van der Waals surface area contributed by atoms with Gasteiger partial charge in [0.05, 0.1) is 5.92 Å². The third kappa shape index (κ3) is 3.59. The van der Waals surface area contributed by atoms with Crippen LogP contribution in [0.1, 0.15) is 37.3 Å². The molecular weight excluding hydrogens is 254 g/mol. The van der Waals surface area contributed by atoms with Gasteiger partial charge in [-0.05, 0) is 36.8 Å². The summed E-state index contributed by atoms with van der Waals surface area (Å²) >= 11 is 0. The summed E-state index contributed by atoms with van der Waals surface area (Å²) in [5.41, 5.74) is 2.35. The Morgan fingerprint density at radius 3 is 2.30 bits per heavy atom. The first-order chi connectivity index (χ1) is 9.60. The summed E-state index contributed by atoms with van der Waals surface area (Å²) in [6.45, 7) is 2.62. The number of aryl methyl sites for hydroxylation is 1. The van der Waals surface area contributed by atoms with Crippen molar-refractivity contribution in [1.29, 1.82) is 0 Å². The van der Waals surface area contributed by atoms with Gasteiger partial charge in [-0.2, -0.15) is 0 Å². The van der Waals surface area contributed by atoms with E-state index in [9.17, 15) is 9.59 Å². The van der Waals surface area contributed by atoms with Crippen molar-refractivity contribution in [3.63, 3.8) is 0 Å². The maximum atomic E-state index is 12.0. The highest BCUT2D eigenvalue weighted by Gasteiger charge is 2.33. The molecule has 1 aromatic carbocycles. The number of aliphatic carboxylic acids is 1. The molecular formula is C16H21NO3. The van der Waals surface area contributed by atoms with Crippen LogP contribution in [-0.2, 0) is 22.6 Å². The third-order valence-electron chi connectivity index (χ3n) is 4.05. The maximum absolute atomic E-state index is 12.0. The van der Waals surface area contributed by atoms with Crippen LogP contribution in [0.25, 0.3) is 0 Å². The highest BCUT2D eigenvalue weighted by molar-refractivity contribution is 5.80. The monoisotopic (exact) mass is 275 g/mol. The number of carboxylic acid groups (broad SMARTS) is 1. The normalized spacial score (nSPS) is 21.6. The summed E-state index contributed by atoms with van der Waals surface area (Å²) in [6.07, 6.45) is 2.76. The summed E-state index contributed by atoms with van der Waals surface area (Å²) in [6, 6.07) is 8.18. The van der Waals surface area contributed by atoms with Crippen molar-refractivity contribution in [2.75, 3.05) is 0 Å². The number of benzene rings is 1. The number of carbonyl (C=O) groups excluding carboxylic acids is 1. The zero-order valence-electron chi connectivity index (χ0n) is 11.8. The first-order valence-corrected chi connectivity index (χ1v) is 7.18. The molecule has 0 radical (unpaired) electrons. The van der Waals surface area contributed by atoms with Gasteiger partial charge in [0.2, 0.25) is 5.91 Å². The lowest BCUT2D eigenvalue weighted by Gasteiger charge is -2.11. The molecule has 2 atom stereocenters. The molecule has 0 aliphatic heterocycles. The van der Waals surface area contributed by atoms with E-state index in [-0.39, 0.29) is 17.7 Å². The topological polar surface area (TPSA) is 66.4 Å². The lowest BCUT2D eigenvalue weighted by Crippen LogP contribution is -2.29. The van der Waals surface area contributed by atoms with Crippen LogP contribution in [0, 0.1) is 11.8 Å². The van der Waals surface area contributed by atoms with E-state index in [4.69, 9.17) is 5.11 Å². The predicted molar refractivity (Wildman–Crippen MR) is 76.1 cm³/mol. The van der Waals surface area contributed by atoms with Gasteiger partial charge in [0, 0.05) is 12.5 Å². The van der Waals surface area contributed by atoms with Crippen molar-refractivity contribution in [3.05, 3.63) is 35.4 Å². The van der Waals surface area contributed by atoms with Crippen LogP contribution < -0.4 is 5.32 Å². The van der Waals surface area contributed by atoms with Crippen LogP contribution in [0.5, 0.6) is 0 Å². The molecule has 1 amide bonds. The quantitative estimate of drug-likeness (QED) is 0.867. The van der Waals surface area contributed by atoms with Crippen LogP contribution in [0.4, 0.5) is 0 Å². The van der Waals surface area contributed by atoms with Gasteiger partial charge in [0.1, 0.15) is 0 Å². The number of amides is 1. The molecule has 4 heteroatoms. The largest absolute Gasteiger partial charge is 0.481 e. The van der Waals surface area contributed by atoms with Gasteiger partial charge < -0.3 is 10.4 Å². The van der Waals surface area contributed by atoms with Crippen molar-refractivity contribution in [2.24, 2.45) is 11.8 Å². The van der Waals surface area contributed by atoms with Crippen molar-refractivity contribution in [3.8, 4) is 0 Å². The number of rotatable bonds is 5. The molecule has 108 valence electrons. The van der Waals surface area contributed by atoms with E-state index in [0.29, 0.717) is 25.8 Å². The molecule has 20 heavy (non-hydrogen) atoms. The predicted octanol–water partition coefficient (Wildman–Crippen LogP) is 2.37. The van der Waals surface area contributed by atoms with Gasteiger partial charge in [-0.15, -0.1) is 0 Å². The zero-order chi connectivity index (χ0) is 14.5. The van der Waals surface area contributed by atoms with E-state index in [0.717, 1.165) is 12.0 Å². The Hall–Kier alpha value is -1.84. The molecule has 0 spiro atoms. The molecule has 0 heterocycles. The average molecular weight is 275 g/mol. The van der Waals surface area contributed by atoms with Gasteiger partial charge >= 0.3 is 5.97 Å². The zero-order valence-corrected chi connectivity index (χ0v) is 11.8. The first kappa shape index (κ1) is 14.6. The molecule has 2 rings (SSSR count). The minimum Gasteiger partial charge on any atom is -0.481 e. The summed E-state index contributed by atoms with van der Waals surface area (Å²) < 4.78 is 0. The van der Waals surface area contributed by atoms with Gasteiger partial charge in [-0.1, -0.05) is 31.2 Å². The molecule has 1 aliphatic carbocycles. The summed E-state index contributed by atoms with van der Waals surface area (Å²) in [5.74, 6) is -1.30. The Labute approximate surface area is 119 Å². The summed E-state index contributed by atoms with van der Waals surface area (Å²) in [4.78, 5) is 22.9. The van der Waals surface area contributed by atoms with Crippen molar-refractivity contribution >= 4 is 11.9 Å². The van der Waals surface area contributed by atoms with Crippen LogP contribution in [0.3, 0.4) is 0 Å². The molecule has 1 aromatic rings. The van der Waals surface area contributed by atoms with Crippen molar-refractivity contribution < 1.29 is 14.7 Å². The smallest absolute Gasteiger partial charge is 0.306 e. The minimum absolute atomic E-state index is 0.0201. The van der Waals surface area contributed by atoms with Gasteiger partial charge in [0.15, 0.2) is 0 Å². The second kappa shape index (κ2) is 6.55. The van der Waals surface area contributed by atoms with Crippen LogP contribution in [-0.4, -0.2) is 17.0 Å². The Morgan fingerprint density at radius 2 is 1.75 bits per heavy atom. The van der Waals surface area contributed by atoms with E-state index >= 15 is 0 Å². The van der Waals surface area contributed by atoms with Crippen molar-refractivity contribution in [1.82, 2.24) is 5.32 Å². The SMILES string of the molecule is CCc1ccc(CNC(=O)[C@@H]2CC[C@H](C(=O)O)C2)cc1. The minimum atomic E-state index is -0.782. The molecule has 1 fully saturated rings. The molecule has 0 unspecified atom stereocenters. The number of hydrogen-bond donors (Lipinski definition) is 2. The maximum Gasteiger partial charge on any atom is 0.306 e. The Kier molecular flexibility index (Phi) is 4.77.